The van der Waals surface area contributed by atoms with Crippen molar-refractivity contribution >= 4 is 17.0 Å². The number of primary amides is 1. The Morgan fingerprint density at radius 3 is 2.65 bits per heavy atom. The van der Waals surface area contributed by atoms with E-state index in [1.807, 2.05) is 48.5 Å². The summed E-state index contributed by atoms with van der Waals surface area (Å²) in [5.41, 5.74) is 8.52. The number of nitrogens with two attached hydrogens (primary N) is 1. The summed E-state index contributed by atoms with van der Waals surface area (Å²) in [7, 11) is 0. The number of hydrogen-bond donors (Lipinski definition) is 1. The fraction of sp³-hybridized carbons (Fsp3) is 0.125. The van der Waals surface area contributed by atoms with Crippen LogP contribution in [0.1, 0.15) is 18.4 Å². The van der Waals surface area contributed by atoms with Crippen LogP contribution in [0.3, 0.4) is 0 Å². The van der Waals surface area contributed by atoms with Gasteiger partial charge in [-0.05, 0) is 36.8 Å². The highest BCUT2D eigenvalue weighted by molar-refractivity contribution is 5.84. The molecule has 3 rings (SSSR count). The van der Waals surface area contributed by atoms with Gasteiger partial charge in [0.25, 0.3) is 0 Å². The molecular weight excluding hydrogens is 252 g/mol. The molecule has 0 radical (unpaired) electrons. The first-order chi connectivity index (χ1) is 9.65. The summed E-state index contributed by atoms with van der Waals surface area (Å²) >= 11 is 0. The van der Waals surface area contributed by atoms with Crippen LogP contribution < -0.4 is 5.73 Å². The molecule has 4 nitrogen and oxygen atoms in total. The molecule has 1 atom stereocenters. The number of carbonyl (C=O) groups is 1. The SMILES string of the molecule is CC(C(N)=O)c1ccc2oc(-c3ccccc3)nc2c1. The van der Waals surface area contributed by atoms with E-state index in [0.717, 1.165) is 16.6 Å². The minimum absolute atomic E-state index is 0.337. The number of amides is 1. The predicted molar refractivity (Wildman–Crippen MR) is 77.1 cm³/mol. The summed E-state index contributed by atoms with van der Waals surface area (Å²) in [4.78, 5) is 15.7. The standard InChI is InChI=1S/C16H14N2O2/c1-10(15(17)19)12-7-8-14-13(9-12)18-16(20-14)11-5-3-2-4-6-11/h2-10H,1H3,(H2,17,19). The molecule has 1 heterocycles. The average Bonchev–Trinajstić information content (AvgIpc) is 2.90. The molecule has 1 aromatic heterocycles. The van der Waals surface area contributed by atoms with Crippen LogP contribution in [-0.2, 0) is 4.79 Å². The van der Waals surface area contributed by atoms with Crippen LogP contribution in [0.4, 0.5) is 0 Å². The van der Waals surface area contributed by atoms with Crippen molar-refractivity contribution in [2.24, 2.45) is 5.73 Å². The molecule has 0 fully saturated rings. The second-order valence-corrected chi connectivity index (χ2v) is 4.74. The second-order valence-electron chi connectivity index (χ2n) is 4.74. The van der Waals surface area contributed by atoms with Crippen LogP contribution in [0.25, 0.3) is 22.6 Å². The smallest absolute Gasteiger partial charge is 0.227 e. The third-order valence-corrected chi connectivity index (χ3v) is 3.36. The molecular formula is C16H14N2O2. The number of carbonyl (C=O) groups excluding carboxylic acids is 1. The summed E-state index contributed by atoms with van der Waals surface area (Å²) in [5, 5.41) is 0. The largest absolute Gasteiger partial charge is 0.436 e. The Balaban J connectivity index is 2.06. The molecule has 1 amide bonds. The van der Waals surface area contributed by atoms with Crippen LogP contribution in [-0.4, -0.2) is 10.9 Å². The van der Waals surface area contributed by atoms with Crippen LogP contribution in [0.5, 0.6) is 0 Å². The van der Waals surface area contributed by atoms with Gasteiger partial charge in [-0.25, -0.2) is 4.98 Å². The van der Waals surface area contributed by atoms with Gasteiger partial charge in [0.1, 0.15) is 5.52 Å². The Morgan fingerprint density at radius 2 is 1.95 bits per heavy atom. The third-order valence-electron chi connectivity index (χ3n) is 3.36. The topological polar surface area (TPSA) is 69.1 Å². The van der Waals surface area contributed by atoms with Gasteiger partial charge >= 0.3 is 0 Å². The minimum Gasteiger partial charge on any atom is -0.436 e. The molecule has 1 unspecified atom stereocenters. The first kappa shape index (κ1) is 12.4. The van der Waals surface area contributed by atoms with Crippen molar-refractivity contribution in [3.05, 3.63) is 54.1 Å². The fourth-order valence-electron chi connectivity index (χ4n) is 2.08. The Kier molecular flexibility index (Phi) is 2.99. The molecule has 0 saturated heterocycles. The van der Waals surface area contributed by atoms with Crippen molar-refractivity contribution in [1.82, 2.24) is 4.98 Å². The molecule has 0 aliphatic carbocycles. The van der Waals surface area contributed by atoms with Gasteiger partial charge in [0.05, 0.1) is 5.92 Å². The van der Waals surface area contributed by atoms with Crippen molar-refractivity contribution in [3.63, 3.8) is 0 Å². The van der Waals surface area contributed by atoms with E-state index in [2.05, 4.69) is 4.98 Å². The van der Waals surface area contributed by atoms with E-state index >= 15 is 0 Å². The number of fused-ring (bicyclic) bond motifs is 1. The first-order valence-corrected chi connectivity index (χ1v) is 6.40. The first-order valence-electron chi connectivity index (χ1n) is 6.40. The lowest BCUT2D eigenvalue weighted by atomic mass is 10.0. The van der Waals surface area contributed by atoms with Gasteiger partial charge in [-0.15, -0.1) is 0 Å². The van der Waals surface area contributed by atoms with E-state index in [0.29, 0.717) is 11.5 Å². The number of aromatic nitrogens is 1. The van der Waals surface area contributed by atoms with Crippen LogP contribution in [0, 0.1) is 0 Å². The highest BCUT2D eigenvalue weighted by Crippen LogP contribution is 2.26. The number of nitrogens with zero attached hydrogens (tertiary/aromatic N) is 1. The number of benzene rings is 2. The lowest BCUT2D eigenvalue weighted by Gasteiger charge is -2.06. The quantitative estimate of drug-likeness (QED) is 0.792. The lowest BCUT2D eigenvalue weighted by Crippen LogP contribution is -2.18. The maximum Gasteiger partial charge on any atom is 0.227 e. The van der Waals surface area contributed by atoms with Crippen LogP contribution in [0.15, 0.2) is 52.9 Å². The number of oxazole rings is 1. The van der Waals surface area contributed by atoms with Gasteiger partial charge in [0, 0.05) is 5.56 Å². The van der Waals surface area contributed by atoms with Gasteiger partial charge in [0.15, 0.2) is 5.58 Å². The molecule has 2 N–H and O–H groups in total. The summed E-state index contributed by atoms with van der Waals surface area (Å²) in [6.45, 7) is 1.78. The monoisotopic (exact) mass is 266 g/mol. The third kappa shape index (κ3) is 2.16. The van der Waals surface area contributed by atoms with Gasteiger partial charge in [-0.1, -0.05) is 24.3 Å². The maximum absolute atomic E-state index is 11.2. The zero-order valence-electron chi connectivity index (χ0n) is 11.0. The van der Waals surface area contributed by atoms with E-state index < -0.39 is 0 Å². The number of rotatable bonds is 3. The van der Waals surface area contributed by atoms with Gasteiger partial charge in [0.2, 0.25) is 11.8 Å². The normalized spacial score (nSPS) is 12.4. The summed E-state index contributed by atoms with van der Waals surface area (Å²) in [5.74, 6) is -0.114. The van der Waals surface area contributed by atoms with E-state index in [9.17, 15) is 4.79 Å². The van der Waals surface area contributed by atoms with E-state index in [1.54, 1.807) is 6.92 Å². The Morgan fingerprint density at radius 1 is 1.20 bits per heavy atom. The van der Waals surface area contributed by atoms with Crippen molar-refractivity contribution in [2.45, 2.75) is 12.8 Å². The lowest BCUT2D eigenvalue weighted by molar-refractivity contribution is -0.119. The highest BCUT2D eigenvalue weighted by atomic mass is 16.3. The summed E-state index contributed by atoms with van der Waals surface area (Å²) in [6.07, 6.45) is 0. The second kappa shape index (κ2) is 4.81. The number of hydrogen-bond acceptors (Lipinski definition) is 3. The molecule has 2 aromatic carbocycles. The van der Waals surface area contributed by atoms with Gasteiger partial charge in [-0.2, -0.15) is 0 Å². The molecule has 0 spiro atoms. The Bertz CT molecular complexity index is 763. The van der Waals surface area contributed by atoms with Gasteiger partial charge < -0.3 is 10.2 Å². The van der Waals surface area contributed by atoms with Crippen molar-refractivity contribution in [2.75, 3.05) is 0 Å². The average molecular weight is 266 g/mol. The molecule has 0 aliphatic heterocycles. The fourth-order valence-corrected chi connectivity index (χ4v) is 2.08. The summed E-state index contributed by atoms with van der Waals surface area (Å²) < 4.78 is 5.72. The van der Waals surface area contributed by atoms with Crippen molar-refractivity contribution in [1.29, 1.82) is 0 Å². The minimum atomic E-state index is -0.351. The zero-order chi connectivity index (χ0) is 14.1. The maximum atomic E-state index is 11.2. The van der Waals surface area contributed by atoms with Crippen LogP contribution >= 0.6 is 0 Å². The van der Waals surface area contributed by atoms with E-state index in [1.165, 1.54) is 0 Å². The predicted octanol–water partition coefficient (Wildman–Crippen LogP) is 3.08. The van der Waals surface area contributed by atoms with Crippen molar-refractivity contribution < 1.29 is 9.21 Å². The van der Waals surface area contributed by atoms with Crippen molar-refractivity contribution in [3.8, 4) is 11.5 Å². The Labute approximate surface area is 116 Å². The Hall–Kier alpha value is -2.62. The molecule has 0 saturated carbocycles. The molecule has 0 bridgehead atoms. The summed E-state index contributed by atoms with van der Waals surface area (Å²) in [6, 6.07) is 15.2. The molecule has 100 valence electrons. The van der Waals surface area contributed by atoms with E-state index in [-0.39, 0.29) is 11.8 Å². The molecule has 3 aromatic rings. The van der Waals surface area contributed by atoms with Gasteiger partial charge in [-0.3, -0.25) is 4.79 Å². The molecule has 4 heteroatoms. The molecule has 20 heavy (non-hydrogen) atoms. The highest BCUT2D eigenvalue weighted by Gasteiger charge is 2.14. The molecule has 0 aliphatic rings. The van der Waals surface area contributed by atoms with Crippen LogP contribution in [0.2, 0.25) is 0 Å². The zero-order valence-corrected chi connectivity index (χ0v) is 11.0. The van der Waals surface area contributed by atoms with E-state index in [4.69, 9.17) is 10.2 Å².